The average molecular weight is 217 g/mol. The summed E-state index contributed by atoms with van der Waals surface area (Å²) in [5.74, 6) is 0.0462. The fraction of sp³-hybridized carbons (Fsp3) is 0.700. The molecule has 0 aromatic carbocycles. The van der Waals surface area contributed by atoms with Crippen molar-refractivity contribution in [2.45, 2.75) is 12.3 Å². The van der Waals surface area contributed by atoms with Crippen LogP contribution >= 0.6 is 11.6 Å². The normalized spacial score (nSPS) is 20.6. The first-order valence-corrected chi connectivity index (χ1v) is 5.35. The predicted octanol–water partition coefficient (Wildman–Crippen LogP) is 0.944. The highest BCUT2D eigenvalue weighted by atomic mass is 35.5. The lowest BCUT2D eigenvalue weighted by Gasteiger charge is -2.34. The van der Waals surface area contributed by atoms with Crippen molar-refractivity contribution in [2.24, 2.45) is 0 Å². The maximum atomic E-state index is 11.5. The number of amides is 1. The molecule has 1 fully saturated rings. The fourth-order valence-corrected chi connectivity index (χ4v) is 1.72. The van der Waals surface area contributed by atoms with E-state index in [9.17, 15) is 4.79 Å². The Balaban J connectivity index is 2.35. The lowest BCUT2D eigenvalue weighted by Crippen LogP contribution is -2.50. The van der Waals surface area contributed by atoms with Gasteiger partial charge in [0.25, 0.3) is 0 Å². The van der Waals surface area contributed by atoms with Crippen molar-refractivity contribution in [3.05, 3.63) is 12.7 Å². The standard InChI is InChI=1S/C10H17ClN2O/c1-3-4-12-5-7-13(8-6-12)10(14)9(2)11/h3,9H,1,4-8H2,2H3/t9-/m0/s1. The van der Waals surface area contributed by atoms with Crippen molar-refractivity contribution in [1.82, 2.24) is 9.80 Å². The van der Waals surface area contributed by atoms with Gasteiger partial charge in [0.2, 0.25) is 5.91 Å². The van der Waals surface area contributed by atoms with Crippen molar-refractivity contribution in [2.75, 3.05) is 32.7 Å². The molecule has 1 atom stereocenters. The first-order valence-electron chi connectivity index (χ1n) is 4.91. The van der Waals surface area contributed by atoms with Gasteiger partial charge in [-0.3, -0.25) is 9.69 Å². The van der Waals surface area contributed by atoms with Gasteiger partial charge in [-0.05, 0) is 6.92 Å². The molecule has 0 unspecified atom stereocenters. The Morgan fingerprint density at radius 3 is 2.50 bits per heavy atom. The van der Waals surface area contributed by atoms with Gasteiger partial charge in [0.15, 0.2) is 0 Å². The Bertz CT molecular complexity index is 210. The molecular formula is C10H17ClN2O. The number of nitrogens with zero attached hydrogens (tertiary/aromatic N) is 2. The Hall–Kier alpha value is -0.540. The zero-order chi connectivity index (χ0) is 10.6. The van der Waals surface area contributed by atoms with E-state index in [0.29, 0.717) is 0 Å². The summed E-state index contributed by atoms with van der Waals surface area (Å²) in [7, 11) is 0. The summed E-state index contributed by atoms with van der Waals surface area (Å²) in [4.78, 5) is 15.6. The number of piperazine rings is 1. The molecule has 1 amide bonds. The maximum absolute atomic E-state index is 11.5. The minimum atomic E-state index is -0.402. The van der Waals surface area contributed by atoms with E-state index in [1.54, 1.807) is 6.92 Å². The van der Waals surface area contributed by atoms with Gasteiger partial charge in [0, 0.05) is 32.7 Å². The molecule has 0 saturated carbocycles. The monoisotopic (exact) mass is 216 g/mol. The highest BCUT2D eigenvalue weighted by Crippen LogP contribution is 2.06. The van der Waals surface area contributed by atoms with E-state index >= 15 is 0 Å². The number of rotatable bonds is 3. The van der Waals surface area contributed by atoms with E-state index < -0.39 is 5.38 Å². The largest absolute Gasteiger partial charge is 0.339 e. The third-order valence-electron chi connectivity index (χ3n) is 2.41. The molecule has 0 bridgehead atoms. The number of carbonyl (C=O) groups excluding carboxylic acids is 1. The molecular weight excluding hydrogens is 200 g/mol. The van der Waals surface area contributed by atoms with Crippen molar-refractivity contribution in [3.63, 3.8) is 0 Å². The van der Waals surface area contributed by atoms with Gasteiger partial charge in [-0.15, -0.1) is 18.2 Å². The summed E-state index contributed by atoms with van der Waals surface area (Å²) >= 11 is 5.74. The number of alkyl halides is 1. The van der Waals surface area contributed by atoms with Crippen LogP contribution in [0.4, 0.5) is 0 Å². The molecule has 14 heavy (non-hydrogen) atoms. The van der Waals surface area contributed by atoms with E-state index in [4.69, 9.17) is 11.6 Å². The minimum absolute atomic E-state index is 0.0462. The van der Waals surface area contributed by atoms with Gasteiger partial charge < -0.3 is 4.90 Å². The minimum Gasteiger partial charge on any atom is -0.339 e. The molecule has 0 aliphatic carbocycles. The highest BCUT2D eigenvalue weighted by Gasteiger charge is 2.22. The van der Waals surface area contributed by atoms with Crippen LogP contribution in [0.25, 0.3) is 0 Å². The number of carbonyl (C=O) groups is 1. The second kappa shape index (κ2) is 5.37. The van der Waals surface area contributed by atoms with Crippen molar-refractivity contribution in [1.29, 1.82) is 0 Å². The van der Waals surface area contributed by atoms with E-state index in [1.807, 2.05) is 11.0 Å². The molecule has 4 heteroatoms. The number of hydrogen-bond donors (Lipinski definition) is 0. The second-order valence-corrected chi connectivity index (χ2v) is 4.19. The van der Waals surface area contributed by atoms with Crippen LogP contribution in [0, 0.1) is 0 Å². The maximum Gasteiger partial charge on any atom is 0.240 e. The molecule has 0 aromatic rings. The molecule has 1 aliphatic heterocycles. The third-order valence-corrected chi connectivity index (χ3v) is 2.60. The molecule has 3 nitrogen and oxygen atoms in total. The second-order valence-electron chi connectivity index (χ2n) is 3.53. The van der Waals surface area contributed by atoms with Gasteiger partial charge in [-0.1, -0.05) is 6.08 Å². The van der Waals surface area contributed by atoms with Crippen molar-refractivity contribution < 1.29 is 4.79 Å². The smallest absolute Gasteiger partial charge is 0.240 e. The number of hydrogen-bond acceptors (Lipinski definition) is 2. The lowest BCUT2D eigenvalue weighted by atomic mass is 10.3. The summed E-state index contributed by atoms with van der Waals surface area (Å²) in [6, 6.07) is 0. The zero-order valence-corrected chi connectivity index (χ0v) is 9.33. The van der Waals surface area contributed by atoms with Gasteiger partial charge in [-0.2, -0.15) is 0 Å². The summed E-state index contributed by atoms with van der Waals surface area (Å²) in [5.41, 5.74) is 0. The van der Waals surface area contributed by atoms with Crippen LogP contribution in [-0.4, -0.2) is 53.8 Å². The van der Waals surface area contributed by atoms with Crippen LogP contribution in [-0.2, 0) is 4.79 Å². The van der Waals surface area contributed by atoms with Gasteiger partial charge >= 0.3 is 0 Å². The van der Waals surface area contributed by atoms with Crippen LogP contribution in [0.3, 0.4) is 0 Å². The van der Waals surface area contributed by atoms with Crippen LogP contribution < -0.4 is 0 Å². The average Bonchev–Trinajstić information content (AvgIpc) is 2.18. The summed E-state index contributed by atoms with van der Waals surface area (Å²) in [6.07, 6.45) is 1.89. The molecule has 1 rings (SSSR count). The van der Waals surface area contributed by atoms with Crippen molar-refractivity contribution in [3.8, 4) is 0 Å². The lowest BCUT2D eigenvalue weighted by molar-refractivity contribution is -0.132. The van der Waals surface area contributed by atoms with E-state index in [2.05, 4.69) is 11.5 Å². The molecule has 0 spiro atoms. The van der Waals surface area contributed by atoms with Gasteiger partial charge in [0.05, 0.1) is 0 Å². The summed E-state index contributed by atoms with van der Waals surface area (Å²) in [5, 5.41) is -0.402. The first-order chi connectivity index (χ1) is 6.65. The fourth-order valence-electron chi connectivity index (χ4n) is 1.58. The zero-order valence-electron chi connectivity index (χ0n) is 8.58. The summed E-state index contributed by atoms with van der Waals surface area (Å²) in [6.45, 7) is 9.72. The molecule has 1 saturated heterocycles. The van der Waals surface area contributed by atoms with Crippen LogP contribution in [0.5, 0.6) is 0 Å². The van der Waals surface area contributed by atoms with Gasteiger partial charge in [-0.25, -0.2) is 0 Å². The quantitative estimate of drug-likeness (QED) is 0.518. The van der Waals surface area contributed by atoms with Crippen molar-refractivity contribution >= 4 is 17.5 Å². The Morgan fingerprint density at radius 2 is 2.07 bits per heavy atom. The number of halogens is 1. The van der Waals surface area contributed by atoms with E-state index in [1.165, 1.54) is 0 Å². The first kappa shape index (κ1) is 11.5. The molecule has 0 aromatic heterocycles. The van der Waals surface area contributed by atoms with E-state index in [-0.39, 0.29) is 5.91 Å². The third kappa shape index (κ3) is 3.00. The molecule has 1 aliphatic rings. The SMILES string of the molecule is C=CCN1CCN(C(=O)[C@H](C)Cl)CC1. The predicted molar refractivity (Wildman–Crippen MR) is 58.5 cm³/mol. The molecule has 0 N–H and O–H groups in total. The Kier molecular flexibility index (Phi) is 4.42. The van der Waals surface area contributed by atoms with Crippen LogP contribution in [0.1, 0.15) is 6.92 Å². The molecule has 0 radical (unpaired) electrons. The van der Waals surface area contributed by atoms with Crippen LogP contribution in [0.15, 0.2) is 12.7 Å². The molecule has 1 heterocycles. The molecule has 80 valence electrons. The van der Waals surface area contributed by atoms with Gasteiger partial charge in [0.1, 0.15) is 5.38 Å². The Morgan fingerprint density at radius 1 is 1.50 bits per heavy atom. The topological polar surface area (TPSA) is 23.6 Å². The highest BCUT2D eigenvalue weighted by molar-refractivity contribution is 6.30. The summed E-state index contributed by atoms with van der Waals surface area (Å²) < 4.78 is 0. The Labute approximate surface area is 90.3 Å². The van der Waals surface area contributed by atoms with Crippen LogP contribution in [0.2, 0.25) is 0 Å². The van der Waals surface area contributed by atoms with E-state index in [0.717, 1.165) is 32.7 Å².